The van der Waals surface area contributed by atoms with E-state index >= 15 is 0 Å². The first-order chi connectivity index (χ1) is 16.2. The van der Waals surface area contributed by atoms with Crippen molar-refractivity contribution in [3.8, 4) is 0 Å². The summed E-state index contributed by atoms with van der Waals surface area (Å²) in [7, 11) is 0. The zero-order valence-electron chi connectivity index (χ0n) is 18.1. The van der Waals surface area contributed by atoms with Gasteiger partial charge in [0.2, 0.25) is 6.29 Å². The Morgan fingerprint density at radius 3 is 2.38 bits per heavy atom. The number of carbonyl (C=O) groups excluding carboxylic acids is 1. The van der Waals surface area contributed by atoms with Gasteiger partial charge in [0.15, 0.2) is 6.29 Å². The third kappa shape index (κ3) is 4.93. The second-order valence-electron chi connectivity index (χ2n) is 8.26. The molecule has 0 aromatic heterocycles. The van der Waals surface area contributed by atoms with Crippen molar-refractivity contribution in [1.82, 2.24) is 0 Å². The predicted octanol–water partition coefficient (Wildman–Crippen LogP) is -3.77. The molecule has 0 amide bonds. The monoisotopic (exact) mass is 485 g/mol. The van der Waals surface area contributed by atoms with Gasteiger partial charge in [0.25, 0.3) is 0 Å². The highest BCUT2D eigenvalue weighted by molar-refractivity contribution is 5.67. The van der Waals surface area contributed by atoms with Crippen LogP contribution in [0, 0.1) is 0 Å². The summed E-state index contributed by atoms with van der Waals surface area (Å²) in [5.41, 5.74) is 0. The maximum Gasteiger partial charge on any atom is 0.516 e. The smallest absolute Gasteiger partial charge is 0.401 e. The Morgan fingerprint density at radius 2 is 1.62 bits per heavy atom. The number of aliphatic hydroxyl groups excluding tert-OH is 6. The molecule has 1 aromatic rings. The second-order valence-corrected chi connectivity index (χ2v) is 8.26. The minimum atomic E-state index is -1.79. The van der Waals surface area contributed by atoms with Crippen LogP contribution in [0.5, 0.6) is 0 Å². The van der Waals surface area contributed by atoms with Crippen LogP contribution in [0.25, 0.3) is 5.76 Å². The largest absolute Gasteiger partial charge is 0.516 e. The molecule has 4 rings (SSSR count). The number of carbonyl (C=O) groups is 1. The molecule has 2 saturated heterocycles. The van der Waals surface area contributed by atoms with Gasteiger partial charge in [-0.25, -0.2) is 4.79 Å². The molecule has 13 nitrogen and oxygen atoms in total. The van der Waals surface area contributed by atoms with Crippen LogP contribution in [-0.4, -0.2) is 111 Å². The molecule has 2 fully saturated rings. The average molecular weight is 485 g/mol. The maximum absolute atomic E-state index is 12.3. The van der Waals surface area contributed by atoms with Gasteiger partial charge in [-0.3, -0.25) is 4.99 Å². The SMILES string of the molecule is CC1OC(OCC2OC(OC(=O)OC3=c4ccccc4=NC3)C(O)C(O)C2O)C(O)C(O)C1O. The van der Waals surface area contributed by atoms with Gasteiger partial charge in [0, 0.05) is 5.22 Å². The summed E-state index contributed by atoms with van der Waals surface area (Å²) in [6, 6.07) is 7.00. The van der Waals surface area contributed by atoms with E-state index in [2.05, 4.69) is 4.99 Å². The lowest BCUT2D eigenvalue weighted by molar-refractivity contribution is -0.322. The molecule has 3 aliphatic rings. The maximum atomic E-state index is 12.3. The molecule has 0 radical (unpaired) electrons. The van der Waals surface area contributed by atoms with Crippen molar-refractivity contribution < 1.29 is 59.1 Å². The van der Waals surface area contributed by atoms with E-state index in [9.17, 15) is 35.4 Å². The molecule has 34 heavy (non-hydrogen) atoms. The summed E-state index contributed by atoms with van der Waals surface area (Å²) >= 11 is 0. The summed E-state index contributed by atoms with van der Waals surface area (Å²) < 4.78 is 26.3. The first-order valence-corrected chi connectivity index (χ1v) is 10.7. The molecular formula is C21H27NO12. The minimum absolute atomic E-state index is 0.114. The fourth-order valence-electron chi connectivity index (χ4n) is 3.89. The normalized spacial score (nSPS) is 39.8. The molecule has 3 heterocycles. The van der Waals surface area contributed by atoms with Gasteiger partial charge in [-0.2, -0.15) is 0 Å². The Balaban J connectivity index is 1.37. The molecule has 0 spiro atoms. The van der Waals surface area contributed by atoms with E-state index in [0.29, 0.717) is 10.6 Å². The third-order valence-corrected chi connectivity index (χ3v) is 5.92. The topological polar surface area (TPSA) is 197 Å². The quantitative estimate of drug-likeness (QED) is 0.223. The Bertz CT molecular complexity index is 1000. The van der Waals surface area contributed by atoms with E-state index < -0.39 is 74.2 Å². The van der Waals surface area contributed by atoms with Crippen molar-refractivity contribution in [3.05, 3.63) is 34.8 Å². The molecule has 1 aromatic carbocycles. The Labute approximate surface area is 193 Å². The summed E-state index contributed by atoms with van der Waals surface area (Å²) in [4.78, 5) is 16.5. The Kier molecular flexibility index (Phi) is 7.47. The molecule has 0 bridgehead atoms. The van der Waals surface area contributed by atoms with Crippen molar-refractivity contribution in [1.29, 1.82) is 0 Å². The van der Waals surface area contributed by atoms with Crippen molar-refractivity contribution in [2.75, 3.05) is 13.2 Å². The van der Waals surface area contributed by atoms with Crippen LogP contribution >= 0.6 is 0 Å². The zero-order chi connectivity index (χ0) is 24.6. The highest BCUT2D eigenvalue weighted by atomic mass is 16.8. The van der Waals surface area contributed by atoms with Crippen LogP contribution in [-0.2, 0) is 23.7 Å². The summed E-state index contributed by atoms with van der Waals surface area (Å²) in [6.07, 6.45) is -16.1. The van der Waals surface area contributed by atoms with E-state index in [1.165, 1.54) is 6.92 Å². The van der Waals surface area contributed by atoms with Crippen LogP contribution in [0.1, 0.15) is 6.92 Å². The van der Waals surface area contributed by atoms with Gasteiger partial charge < -0.3 is 54.3 Å². The minimum Gasteiger partial charge on any atom is -0.401 e. The molecular weight excluding hydrogens is 458 g/mol. The van der Waals surface area contributed by atoms with Crippen molar-refractivity contribution in [3.63, 3.8) is 0 Å². The van der Waals surface area contributed by atoms with Crippen molar-refractivity contribution >= 4 is 11.9 Å². The number of rotatable bonds is 5. The van der Waals surface area contributed by atoms with Gasteiger partial charge >= 0.3 is 6.16 Å². The lowest BCUT2D eigenvalue weighted by atomic mass is 9.99. The Morgan fingerprint density at radius 1 is 0.941 bits per heavy atom. The van der Waals surface area contributed by atoms with E-state index in [4.69, 9.17) is 23.7 Å². The molecule has 6 N–H and O–H groups in total. The molecule has 0 aliphatic carbocycles. The highest BCUT2D eigenvalue weighted by Crippen LogP contribution is 2.26. The van der Waals surface area contributed by atoms with Crippen LogP contribution in [0.15, 0.2) is 29.3 Å². The van der Waals surface area contributed by atoms with Crippen LogP contribution in [0.3, 0.4) is 0 Å². The molecule has 3 aliphatic heterocycles. The number of hydrogen-bond acceptors (Lipinski definition) is 13. The van der Waals surface area contributed by atoms with Crippen LogP contribution in [0.2, 0.25) is 0 Å². The number of para-hydroxylation sites is 1. The van der Waals surface area contributed by atoms with E-state index in [1.54, 1.807) is 24.3 Å². The van der Waals surface area contributed by atoms with E-state index in [-0.39, 0.29) is 12.3 Å². The zero-order valence-corrected chi connectivity index (χ0v) is 18.1. The van der Waals surface area contributed by atoms with Crippen LogP contribution in [0.4, 0.5) is 4.79 Å². The van der Waals surface area contributed by atoms with Gasteiger partial charge in [-0.05, 0) is 19.1 Å². The number of aliphatic hydroxyl groups is 6. The van der Waals surface area contributed by atoms with Crippen molar-refractivity contribution in [2.45, 2.75) is 68.3 Å². The molecule has 10 unspecified atom stereocenters. The van der Waals surface area contributed by atoms with Crippen molar-refractivity contribution in [2.24, 2.45) is 4.99 Å². The summed E-state index contributed by atoms with van der Waals surface area (Å²) in [5, 5.41) is 61.5. The van der Waals surface area contributed by atoms with Gasteiger partial charge in [0.1, 0.15) is 48.5 Å². The number of nitrogens with zero attached hydrogens (tertiary/aromatic N) is 1. The van der Waals surface area contributed by atoms with Crippen LogP contribution < -0.4 is 10.6 Å². The predicted molar refractivity (Wildman–Crippen MR) is 108 cm³/mol. The van der Waals surface area contributed by atoms with Gasteiger partial charge in [-0.15, -0.1) is 0 Å². The number of hydrogen-bond donors (Lipinski definition) is 6. The molecule has 0 saturated carbocycles. The first-order valence-electron chi connectivity index (χ1n) is 10.7. The highest BCUT2D eigenvalue weighted by Gasteiger charge is 2.48. The van der Waals surface area contributed by atoms with E-state index in [0.717, 1.165) is 0 Å². The van der Waals surface area contributed by atoms with E-state index in [1.807, 2.05) is 0 Å². The standard InChI is InChI=1S/C21H27NO12/c1-8-13(23)15(25)17(27)19(31-8)30-7-12-14(24)16(26)18(28)20(32-12)34-21(29)33-11-6-22-10-5-3-2-4-9(10)11/h2-5,8,12-20,23-28H,6-7H2,1H3. The Hall–Kier alpha value is -2.20. The summed E-state index contributed by atoms with van der Waals surface area (Å²) in [5.74, 6) is 0.240. The first kappa shape index (κ1) is 24.9. The third-order valence-electron chi connectivity index (χ3n) is 5.92. The number of benzene rings is 1. The molecule has 10 atom stereocenters. The van der Waals surface area contributed by atoms with Gasteiger partial charge in [0.05, 0.1) is 24.6 Å². The fraction of sp³-hybridized carbons (Fsp3) is 0.619. The average Bonchev–Trinajstić information content (AvgIpc) is 3.22. The second kappa shape index (κ2) is 10.2. The lowest BCUT2D eigenvalue weighted by Gasteiger charge is -2.42. The summed E-state index contributed by atoms with van der Waals surface area (Å²) in [6.45, 7) is 1.09. The number of ether oxygens (including phenoxy) is 5. The number of fused-ring (bicyclic) bond motifs is 1. The molecule has 13 heteroatoms. The van der Waals surface area contributed by atoms with Gasteiger partial charge in [-0.1, -0.05) is 12.1 Å². The lowest BCUT2D eigenvalue weighted by Crippen LogP contribution is -2.61. The fourth-order valence-corrected chi connectivity index (χ4v) is 3.89. The molecule has 188 valence electrons.